The molecule has 1 saturated heterocycles. The Morgan fingerprint density at radius 3 is 3.06 bits per heavy atom. The first kappa shape index (κ1) is 19.3. The van der Waals surface area contributed by atoms with Crippen molar-refractivity contribution >= 4 is 16.5 Å². The molecule has 3 heterocycles. The van der Waals surface area contributed by atoms with Crippen LogP contribution in [0, 0.1) is 18.8 Å². The summed E-state index contributed by atoms with van der Waals surface area (Å²) in [7, 11) is 0. The van der Waals surface area contributed by atoms with Crippen LogP contribution in [0.25, 0.3) is 11.3 Å². The lowest BCUT2D eigenvalue weighted by Crippen LogP contribution is -2.31. The number of hydrogen-bond acceptors (Lipinski definition) is 5. The smallest absolute Gasteiger partial charge is 0.185 e. The summed E-state index contributed by atoms with van der Waals surface area (Å²) in [5, 5.41) is 6.80. The molecule has 3 aromatic rings. The third kappa shape index (κ3) is 3.97. The monoisotopic (exact) mass is 431 g/mol. The molecule has 0 bridgehead atoms. The highest BCUT2D eigenvalue weighted by Crippen LogP contribution is 2.46. The van der Waals surface area contributed by atoms with Gasteiger partial charge in [-0.15, -0.1) is 11.3 Å². The zero-order valence-corrected chi connectivity index (χ0v) is 18.9. The average Bonchev–Trinajstić information content (AvgIpc) is 3.42. The molecular weight excluding hydrogens is 402 g/mol. The quantitative estimate of drug-likeness (QED) is 0.603. The highest BCUT2D eigenvalue weighted by Gasteiger charge is 2.42. The predicted octanol–water partition coefficient (Wildman–Crippen LogP) is 5.19. The van der Waals surface area contributed by atoms with Crippen LogP contribution in [0.1, 0.15) is 35.1 Å². The van der Waals surface area contributed by atoms with Crippen LogP contribution in [0.4, 0.5) is 5.13 Å². The summed E-state index contributed by atoms with van der Waals surface area (Å²) in [6.45, 7) is 7.09. The van der Waals surface area contributed by atoms with Crippen molar-refractivity contribution < 1.29 is 4.74 Å². The number of ether oxygens (including phenoxy) is 1. The van der Waals surface area contributed by atoms with E-state index in [1.54, 1.807) is 11.3 Å². The fourth-order valence-electron chi connectivity index (χ4n) is 5.04. The topological polar surface area (TPSA) is 37.4 Å². The van der Waals surface area contributed by atoms with Crippen molar-refractivity contribution in [2.24, 2.45) is 11.8 Å². The van der Waals surface area contributed by atoms with Crippen LogP contribution in [0.15, 0.2) is 41.8 Å². The Labute approximate surface area is 188 Å². The number of hydrogen-bond donors (Lipinski definition) is 1. The number of piperidine rings is 1. The lowest BCUT2D eigenvalue weighted by atomic mass is 9.99. The van der Waals surface area contributed by atoms with Crippen molar-refractivity contribution in [2.45, 2.75) is 39.3 Å². The Morgan fingerprint density at radius 2 is 2.13 bits per heavy atom. The minimum absolute atomic E-state index is 0.586. The number of fused-ring (bicyclic) bond motifs is 2. The molecule has 2 aromatic carbocycles. The maximum atomic E-state index is 6.34. The maximum absolute atomic E-state index is 6.34. The van der Waals surface area contributed by atoms with Crippen molar-refractivity contribution in [3.63, 3.8) is 0 Å². The first-order valence-corrected chi connectivity index (χ1v) is 12.4. The second kappa shape index (κ2) is 7.95. The summed E-state index contributed by atoms with van der Waals surface area (Å²) in [6.07, 6.45) is 3.84. The van der Waals surface area contributed by atoms with Gasteiger partial charge in [0.15, 0.2) is 5.13 Å². The molecule has 2 fully saturated rings. The molecule has 31 heavy (non-hydrogen) atoms. The van der Waals surface area contributed by atoms with Crippen LogP contribution >= 0.6 is 11.3 Å². The van der Waals surface area contributed by atoms with E-state index in [-0.39, 0.29) is 0 Å². The minimum atomic E-state index is 0.586. The van der Waals surface area contributed by atoms with Gasteiger partial charge in [0.1, 0.15) is 12.4 Å². The Balaban J connectivity index is 1.22. The van der Waals surface area contributed by atoms with Gasteiger partial charge in [-0.25, -0.2) is 4.98 Å². The lowest BCUT2D eigenvalue weighted by Gasteiger charge is -2.25. The number of nitrogens with one attached hydrogen (secondary N) is 1. The Bertz CT molecular complexity index is 1110. The molecule has 4 nitrogen and oxygen atoms in total. The van der Waals surface area contributed by atoms with Gasteiger partial charge in [-0.1, -0.05) is 29.8 Å². The molecule has 3 aliphatic rings. The fraction of sp³-hybridized carbons (Fsp3) is 0.423. The van der Waals surface area contributed by atoms with Gasteiger partial charge in [0.2, 0.25) is 0 Å². The number of rotatable bonds is 5. The Hall–Kier alpha value is -2.37. The van der Waals surface area contributed by atoms with Crippen molar-refractivity contribution in [1.82, 2.24) is 10.3 Å². The molecule has 1 N–H and O–H groups in total. The third-order valence-electron chi connectivity index (χ3n) is 7.02. The number of benzene rings is 2. The Morgan fingerprint density at radius 1 is 1.16 bits per heavy atom. The summed E-state index contributed by atoms with van der Waals surface area (Å²) in [4.78, 5) is 7.52. The van der Waals surface area contributed by atoms with Crippen molar-refractivity contribution in [3.8, 4) is 17.0 Å². The molecule has 5 heteroatoms. The molecule has 0 amide bonds. The second-order valence-corrected chi connectivity index (χ2v) is 10.2. The second-order valence-electron chi connectivity index (χ2n) is 9.32. The van der Waals surface area contributed by atoms with Crippen molar-refractivity contribution in [1.29, 1.82) is 0 Å². The number of aryl methyl sites for hydroxylation is 1. The average molecular weight is 432 g/mol. The van der Waals surface area contributed by atoms with E-state index in [0.29, 0.717) is 6.61 Å². The summed E-state index contributed by atoms with van der Waals surface area (Å²) in [6, 6.07) is 13.2. The molecule has 160 valence electrons. The van der Waals surface area contributed by atoms with Crippen LogP contribution in [-0.2, 0) is 19.6 Å². The molecule has 2 atom stereocenters. The normalized spacial score (nSPS) is 22.0. The first-order valence-electron chi connectivity index (χ1n) is 11.5. The van der Waals surface area contributed by atoms with Gasteiger partial charge in [0, 0.05) is 30.6 Å². The van der Waals surface area contributed by atoms with Crippen molar-refractivity contribution in [2.75, 3.05) is 24.5 Å². The third-order valence-corrected chi connectivity index (χ3v) is 7.92. The summed E-state index contributed by atoms with van der Waals surface area (Å²) >= 11 is 1.77. The minimum Gasteiger partial charge on any atom is -0.488 e. The van der Waals surface area contributed by atoms with E-state index in [1.807, 2.05) is 0 Å². The van der Waals surface area contributed by atoms with Crippen molar-refractivity contribution in [3.05, 3.63) is 64.0 Å². The number of thiazole rings is 1. The highest BCUT2D eigenvalue weighted by molar-refractivity contribution is 7.14. The van der Waals surface area contributed by atoms with Gasteiger partial charge in [-0.05, 0) is 73.4 Å². The van der Waals surface area contributed by atoms with Gasteiger partial charge >= 0.3 is 0 Å². The van der Waals surface area contributed by atoms with E-state index in [4.69, 9.17) is 9.72 Å². The van der Waals surface area contributed by atoms with Gasteiger partial charge in [0.25, 0.3) is 0 Å². The highest BCUT2D eigenvalue weighted by atomic mass is 32.1. The fourth-order valence-corrected chi connectivity index (χ4v) is 5.90. The predicted molar refractivity (Wildman–Crippen MR) is 127 cm³/mol. The van der Waals surface area contributed by atoms with E-state index >= 15 is 0 Å². The van der Waals surface area contributed by atoms with E-state index in [2.05, 4.69) is 58.9 Å². The molecule has 0 spiro atoms. The van der Waals surface area contributed by atoms with E-state index < -0.39 is 0 Å². The molecule has 1 aliphatic carbocycles. The van der Waals surface area contributed by atoms with Crippen LogP contribution < -0.4 is 15.0 Å². The molecule has 1 saturated carbocycles. The summed E-state index contributed by atoms with van der Waals surface area (Å²) in [5.74, 6) is 2.82. The summed E-state index contributed by atoms with van der Waals surface area (Å²) < 4.78 is 6.34. The summed E-state index contributed by atoms with van der Waals surface area (Å²) in [5.41, 5.74) is 7.47. The van der Waals surface area contributed by atoms with Crippen LogP contribution in [-0.4, -0.2) is 24.6 Å². The molecular formula is C26H29N3OS. The molecule has 0 radical (unpaired) electrons. The number of nitrogens with zero attached hydrogens (tertiary/aromatic N) is 2. The van der Waals surface area contributed by atoms with Gasteiger partial charge in [0.05, 0.1) is 5.69 Å². The molecule has 1 aromatic heterocycles. The SMILES string of the molecule is Cc1ccc(OCc2ccc3c(c2)CCNC3)c(-c2csc(N3CCC4CC4C3)n2)c1. The standard InChI is InChI=1S/C26H29N3OS/c1-17-2-5-25(30-15-18-3-4-21-13-27-8-6-19(21)11-18)23(10-17)24-16-31-26(28-24)29-9-7-20-12-22(20)14-29/h2-5,10-11,16,20,22,27H,6-9,12-15H2,1H3. The van der Waals surface area contributed by atoms with E-state index in [1.165, 1.54) is 41.6 Å². The lowest BCUT2D eigenvalue weighted by molar-refractivity contribution is 0.307. The van der Waals surface area contributed by atoms with Gasteiger partial charge in [-0.2, -0.15) is 0 Å². The number of aromatic nitrogens is 1. The van der Waals surface area contributed by atoms with Crippen LogP contribution in [0.2, 0.25) is 0 Å². The zero-order chi connectivity index (χ0) is 20.8. The maximum Gasteiger partial charge on any atom is 0.185 e. The van der Waals surface area contributed by atoms with E-state index in [9.17, 15) is 0 Å². The molecule has 2 aliphatic heterocycles. The number of anilines is 1. The van der Waals surface area contributed by atoms with Crippen LogP contribution in [0.3, 0.4) is 0 Å². The van der Waals surface area contributed by atoms with Gasteiger partial charge in [-0.3, -0.25) is 0 Å². The van der Waals surface area contributed by atoms with Gasteiger partial charge < -0.3 is 15.0 Å². The molecule has 6 rings (SSSR count). The molecule has 2 unspecified atom stereocenters. The van der Waals surface area contributed by atoms with Crippen LogP contribution in [0.5, 0.6) is 5.75 Å². The largest absolute Gasteiger partial charge is 0.488 e. The first-order chi connectivity index (χ1) is 15.2. The van der Waals surface area contributed by atoms with E-state index in [0.717, 1.165) is 60.0 Å². The zero-order valence-electron chi connectivity index (χ0n) is 18.1. The Kier molecular flexibility index (Phi) is 4.96.